The monoisotopic (exact) mass is 583 g/mol. The van der Waals surface area contributed by atoms with Crippen molar-refractivity contribution in [3.63, 3.8) is 0 Å². The number of amides is 1. The van der Waals surface area contributed by atoms with E-state index >= 15 is 0 Å². The molecule has 5 aromatic rings. The highest BCUT2D eigenvalue weighted by molar-refractivity contribution is 7.14. The number of aromatic nitrogens is 2. The molecule has 2 heterocycles. The van der Waals surface area contributed by atoms with Crippen LogP contribution in [-0.2, 0) is 16.6 Å². The molecular weight excluding hydrogens is 554 g/mol. The van der Waals surface area contributed by atoms with Crippen LogP contribution in [0.1, 0.15) is 23.0 Å². The summed E-state index contributed by atoms with van der Waals surface area (Å²) in [6.07, 6.45) is -1.17. The topological polar surface area (TPSA) is 109 Å². The van der Waals surface area contributed by atoms with Gasteiger partial charge in [0.15, 0.2) is 22.7 Å². The maximum absolute atomic E-state index is 13.6. The number of methoxy groups -OCH3 is 2. The Morgan fingerprint density at radius 3 is 2.29 bits per heavy atom. The van der Waals surface area contributed by atoms with Crippen LogP contribution in [-0.4, -0.2) is 41.8 Å². The molecule has 0 aliphatic rings. The second kappa shape index (κ2) is 11.9. The number of carbonyl (C=O) groups excluding carboxylic acids is 2. The first-order chi connectivity index (χ1) is 20.2. The second-order valence-corrected chi connectivity index (χ2v) is 10.5. The van der Waals surface area contributed by atoms with Crippen molar-refractivity contribution < 1.29 is 23.8 Å². The summed E-state index contributed by atoms with van der Waals surface area (Å²) in [6.45, 7) is 3.44. The van der Waals surface area contributed by atoms with Gasteiger partial charge in [0.1, 0.15) is 5.69 Å². The largest absolute Gasteiger partial charge is 0.493 e. The molecule has 9 nitrogen and oxygen atoms in total. The first-order valence-electron chi connectivity index (χ1n) is 13.1. The van der Waals surface area contributed by atoms with Gasteiger partial charge in [-0.2, -0.15) is 0 Å². The van der Waals surface area contributed by atoms with E-state index < -0.39 is 18.0 Å². The van der Waals surface area contributed by atoms with Crippen molar-refractivity contribution in [1.29, 1.82) is 0 Å². The van der Waals surface area contributed by atoms with Gasteiger partial charge in [-0.1, -0.05) is 48.0 Å². The lowest BCUT2D eigenvalue weighted by Gasteiger charge is -2.19. The van der Waals surface area contributed by atoms with Crippen molar-refractivity contribution in [3.05, 3.63) is 93.7 Å². The number of carbonyl (C=O) groups is 2. The van der Waals surface area contributed by atoms with Gasteiger partial charge in [-0.05, 0) is 49.1 Å². The van der Waals surface area contributed by atoms with Gasteiger partial charge in [0.05, 0.1) is 19.9 Å². The van der Waals surface area contributed by atoms with Crippen molar-refractivity contribution in [2.45, 2.75) is 20.0 Å². The normalized spacial score (nSPS) is 11.6. The number of nitrogens with one attached hydrogen (secondary N) is 1. The van der Waals surface area contributed by atoms with E-state index in [0.29, 0.717) is 38.7 Å². The molecule has 42 heavy (non-hydrogen) atoms. The van der Waals surface area contributed by atoms with E-state index in [1.165, 1.54) is 29.9 Å². The number of aryl methyl sites for hydroxylation is 1. The number of ether oxygens (including phenoxy) is 3. The lowest BCUT2D eigenvalue weighted by atomic mass is 9.96. The molecule has 0 aliphatic heterocycles. The summed E-state index contributed by atoms with van der Waals surface area (Å²) in [7, 11) is 4.64. The fourth-order valence-corrected chi connectivity index (χ4v) is 5.38. The summed E-state index contributed by atoms with van der Waals surface area (Å²) < 4.78 is 17.6. The molecule has 1 amide bonds. The number of fused-ring (bicyclic) bond motifs is 1. The van der Waals surface area contributed by atoms with Crippen LogP contribution < -0.4 is 20.3 Å². The lowest BCUT2D eigenvalue weighted by molar-refractivity contribution is -0.123. The van der Waals surface area contributed by atoms with Gasteiger partial charge in [-0.25, -0.2) is 9.78 Å². The summed E-state index contributed by atoms with van der Waals surface area (Å²) in [6, 6.07) is 20.2. The van der Waals surface area contributed by atoms with E-state index in [-0.39, 0.29) is 11.3 Å². The Morgan fingerprint density at radius 1 is 0.929 bits per heavy atom. The average Bonchev–Trinajstić information content (AvgIpc) is 3.47. The van der Waals surface area contributed by atoms with Gasteiger partial charge in [0.2, 0.25) is 0 Å². The number of benzene rings is 3. The second-order valence-electron chi connectivity index (χ2n) is 9.64. The quantitative estimate of drug-likeness (QED) is 0.229. The molecule has 214 valence electrons. The molecule has 0 spiro atoms. The Labute approximate surface area is 246 Å². The SMILES string of the molecule is COc1ccc(-c2csc(NC(=O)C(C)OC(=O)c3c(-c4ccc(C)cc4)c4ccccc4c(=O)n3C)n2)cc1OC. The van der Waals surface area contributed by atoms with E-state index in [1.54, 1.807) is 49.9 Å². The van der Waals surface area contributed by atoms with Crippen LogP contribution in [0.15, 0.2) is 76.9 Å². The first-order valence-corrected chi connectivity index (χ1v) is 14.0. The fraction of sp³-hybridized carbons (Fsp3) is 0.188. The Hall–Kier alpha value is -4.96. The van der Waals surface area contributed by atoms with Gasteiger partial charge in [0.25, 0.3) is 11.5 Å². The molecule has 1 N–H and O–H groups in total. The minimum absolute atomic E-state index is 0.0622. The maximum atomic E-state index is 13.6. The van der Waals surface area contributed by atoms with Crippen LogP contribution in [0.4, 0.5) is 5.13 Å². The Morgan fingerprint density at radius 2 is 1.60 bits per heavy atom. The maximum Gasteiger partial charge on any atom is 0.356 e. The molecule has 5 rings (SSSR count). The number of hydrogen-bond donors (Lipinski definition) is 1. The zero-order valence-electron chi connectivity index (χ0n) is 23.8. The van der Waals surface area contributed by atoms with E-state index in [9.17, 15) is 14.4 Å². The Kier molecular flexibility index (Phi) is 8.08. The standard InChI is InChI=1S/C32H29N3O6S/c1-18-10-12-20(13-11-18)27-22-8-6-7-9-23(22)30(37)35(3)28(27)31(38)41-19(2)29(36)34-32-33-24(17-42-32)21-14-15-25(39-4)26(16-21)40-5/h6-17,19H,1-5H3,(H,33,34,36). The Bertz CT molecular complexity index is 1860. The smallest absolute Gasteiger partial charge is 0.356 e. The van der Waals surface area contributed by atoms with E-state index in [1.807, 2.05) is 43.3 Å². The van der Waals surface area contributed by atoms with E-state index in [4.69, 9.17) is 14.2 Å². The van der Waals surface area contributed by atoms with Crippen LogP contribution in [0.5, 0.6) is 11.5 Å². The predicted octanol–water partition coefficient (Wildman–Crippen LogP) is 5.84. The molecule has 10 heteroatoms. The van der Waals surface area contributed by atoms with E-state index in [0.717, 1.165) is 16.7 Å². The number of rotatable bonds is 8. The molecule has 1 atom stereocenters. The summed E-state index contributed by atoms with van der Waals surface area (Å²) in [4.78, 5) is 44.3. The molecule has 3 aromatic carbocycles. The third-order valence-electron chi connectivity index (χ3n) is 6.90. The minimum Gasteiger partial charge on any atom is -0.493 e. The van der Waals surface area contributed by atoms with Gasteiger partial charge in [0, 0.05) is 28.9 Å². The number of esters is 1. The number of anilines is 1. The number of thiazole rings is 1. The highest BCUT2D eigenvalue weighted by atomic mass is 32.1. The summed E-state index contributed by atoms with van der Waals surface area (Å²) in [5, 5.41) is 5.95. The lowest BCUT2D eigenvalue weighted by Crippen LogP contribution is -2.32. The van der Waals surface area contributed by atoms with Gasteiger partial charge >= 0.3 is 5.97 Å². The number of hydrogen-bond acceptors (Lipinski definition) is 8. The predicted molar refractivity (Wildman–Crippen MR) is 164 cm³/mol. The fourth-order valence-electron chi connectivity index (χ4n) is 4.65. The molecule has 0 fully saturated rings. The van der Waals surface area contributed by atoms with Crippen LogP contribution in [0.25, 0.3) is 33.2 Å². The molecule has 2 aromatic heterocycles. The van der Waals surface area contributed by atoms with Crippen molar-refractivity contribution >= 4 is 39.1 Å². The third-order valence-corrected chi connectivity index (χ3v) is 7.66. The van der Waals surface area contributed by atoms with Crippen LogP contribution in [0, 0.1) is 6.92 Å². The number of nitrogens with zero attached hydrogens (tertiary/aromatic N) is 2. The average molecular weight is 584 g/mol. The first kappa shape index (κ1) is 28.6. The third kappa shape index (κ3) is 5.48. The van der Waals surface area contributed by atoms with E-state index in [2.05, 4.69) is 10.3 Å². The molecule has 0 bridgehead atoms. The van der Waals surface area contributed by atoms with Gasteiger partial charge in [-0.3, -0.25) is 14.9 Å². The number of pyridine rings is 1. The van der Waals surface area contributed by atoms with Crippen LogP contribution in [0.3, 0.4) is 0 Å². The zero-order chi connectivity index (χ0) is 30.0. The molecule has 0 saturated carbocycles. The van der Waals surface area contributed by atoms with Gasteiger partial charge < -0.3 is 18.8 Å². The van der Waals surface area contributed by atoms with Crippen LogP contribution in [0.2, 0.25) is 0 Å². The zero-order valence-corrected chi connectivity index (χ0v) is 24.6. The van der Waals surface area contributed by atoms with Crippen molar-refractivity contribution in [2.75, 3.05) is 19.5 Å². The highest BCUT2D eigenvalue weighted by Gasteiger charge is 2.27. The Balaban J connectivity index is 1.40. The minimum atomic E-state index is -1.17. The molecule has 0 saturated heterocycles. The molecule has 0 radical (unpaired) electrons. The molecule has 1 unspecified atom stereocenters. The van der Waals surface area contributed by atoms with Crippen LogP contribution >= 0.6 is 11.3 Å². The highest BCUT2D eigenvalue weighted by Crippen LogP contribution is 2.34. The van der Waals surface area contributed by atoms with Gasteiger partial charge in [-0.15, -0.1) is 11.3 Å². The van der Waals surface area contributed by atoms with Crippen molar-refractivity contribution in [2.24, 2.45) is 7.05 Å². The summed E-state index contributed by atoms with van der Waals surface area (Å²) in [5.41, 5.74) is 3.51. The molecular formula is C32H29N3O6S. The van der Waals surface area contributed by atoms with Crippen molar-refractivity contribution in [3.8, 4) is 33.9 Å². The van der Waals surface area contributed by atoms with Crippen molar-refractivity contribution in [1.82, 2.24) is 9.55 Å². The molecule has 0 aliphatic carbocycles. The summed E-state index contributed by atoms with van der Waals surface area (Å²) in [5.74, 6) is -0.194. The summed E-state index contributed by atoms with van der Waals surface area (Å²) >= 11 is 1.23.